The Morgan fingerprint density at radius 3 is 2.67 bits per heavy atom. The first-order valence-corrected chi connectivity index (χ1v) is 8.35. The number of methoxy groups -OCH3 is 1. The molecule has 136 valence electrons. The summed E-state index contributed by atoms with van der Waals surface area (Å²) < 4.78 is 16.0. The van der Waals surface area contributed by atoms with Crippen LogP contribution in [0, 0.1) is 0 Å². The summed E-state index contributed by atoms with van der Waals surface area (Å²) in [5.74, 6) is 1.56. The van der Waals surface area contributed by atoms with Gasteiger partial charge >= 0.3 is 0 Å². The predicted octanol–water partition coefficient (Wildman–Crippen LogP) is 3.76. The number of hydrogen-bond acceptors (Lipinski definition) is 6. The summed E-state index contributed by atoms with van der Waals surface area (Å²) in [6.07, 6.45) is 0. The maximum Gasteiger partial charge on any atom is 0.289 e. The molecular formula is C20H17N3O4. The summed E-state index contributed by atoms with van der Waals surface area (Å²) in [5.41, 5.74) is 1.48. The maximum absolute atomic E-state index is 12.6. The topological polar surface area (TPSA) is 81.6 Å². The number of furan rings is 1. The van der Waals surface area contributed by atoms with E-state index in [-0.39, 0.29) is 18.2 Å². The third-order valence-electron chi connectivity index (χ3n) is 4.17. The molecule has 0 atom stereocenters. The molecular weight excluding hydrogens is 346 g/mol. The lowest BCUT2D eigenvalue weighted by molar-refractivity contribution is 0.0740. The molecule has 0 saturated carbocycles. The molecule has 1 amide bonds. The van der Waals surface area contributed by atoms with Gasteiger partial charge in [-0.25, -0.2) is 0 Å². The second kappa shape index (κ2) is 6.95. The van der Waals surface area contributed by atoms with Crippen LogP contribution in [0.5, 0.6) is 5.75 Å². The number of amides is 1. The molecule has 0 N–H and O–H groups in total. The highest BCUT2D eigenvalue weighted by molar-refractivity contribution is 5.95. The first kappa shape index (κ1) is 16.8. The van der Waals surface area contributed by atoms with E-state index >= 15 is 0 Å². The SMILES string of the molecule is COc1ccc(-c2noc(CN(C)C(=O)c3cc4ccccc4o3)n2)cc1. The zero-order chi connectivity index (χ0) is 18.8. The molecule has 0 aliphatic carbocycles. The Kier molecular flexibility index (Phi) is 4.33. The van der Waals surface area contributed by atoms with Crippen molar-refractivity contribution >= 4 is 16.9 Å². The van der Waals surface area contributed by atoms with Crippen LogP contribution in [-0.4, -0.2) is 35.1 Å². The van der Waals surface area contributed by atoms with Gasteiger partial charge in [-0.05, 0) is 36.4 Å². The fourth-order valence-electron chi connectivity index (χ4n) is 2.73. The van der Waals surface area contributed by atoms with Crippen LogP contribution in [-0.2, 0) is 6.54 Å². The molecule has 0 unspecified atom stereocenters. The first-order valence-electron chi connectivity index (χ1n) is 8.35. The highest BCUT2D eigenvalue weighted by Gasteiger charge is 2.19. The minimum absolute atomic E-state index is 0.180. The highest BCUT2D eigenvalue weighted by Crippen LogP contribution is 2.22. The second-order valence-corrected chi connectivity index (χ2v) is 6.05. The fraction of sp³-hybridized carbons (Fsp3) is 0.150. The minimum atomic E-state index is -0.254. The maximum atomic E-state index is 12.6. The van der Waals surface area contributed by atoms with Crippen molar-refractivity contribution in [1.29, 1.82) is 0 Å². The van der Waals surface area contributed by atoms with Crippen LogP contribution in [0.3, 0.4) is 0 Å². The summed E-state index contributed by atoms with van der Waals surface area (Å²) in [7, 11) is 3.27. The normalized spacial score (nSPS) is 10.9. The van der Waals surface area contributed by atoms with Crippen molar-refractivity contribution in [3.05, 3.63) is 66.2 Å². The molecule has 0 spiro atoms. The number of ether oxygens (including phenoxy) is 1. The molecule has 2 heterocycles. The van der Waals surface area contributed by atoms with Gasteiger partial charge in [0.05, 0.1) is 7.11 Å². The summed E-state index contributed by atoms with van der Waals surface area (Å²) >= 11 is 0. The van der Waals surface area contributed by atoms with E-state index < -0.39 is 0 Å². The third kappa shape index (κ3) is 3.39. The summed E-state index contributed by atoms with van der Waals surface area (Å²) in [6.45, 7) is 0.180. The van der Waals surface area contributed by atoms with E-state index in [9.17, 15) is 4.79 Å². The van der Waals surface area contributed by atoms with Gasteiger partial charge in [-0.3, -0.25) is 4.79 Å². The number of carbonyl (C=O) groups excluding carboxylic acids is 1. The number of benzene rings is 2. The van der Waals surface area contributed by atoms with Gasteiger partial charge in [0.1, 0.15) is 17.9 Å². The van der Waals surface area contributed by atoms with Gasteiger partial charge in [-0.1, -0.05) is 23.4 Å². The second-order valence-electron chi connectivity index (χ2n) is 6.05. The van der Waals surface area contributed by atoms with Crippen LogP contribution >= 0.6 is 0 Å². The van der Waals surface area contributed by atoms with E-state index in [0.29, 0.717) is 17.3 Å². The Morgan fingerprint density at radius 2 is 1.93 bits per heavy atom. The molecule has 7 nitrogen and oxygen atoms in total. The van der Waals surface area contributed by atoms with Gasteiger partial charge in [-0.2, -0.15) is 4.98 Å². The number of aromatic nitrogens is 2. The van der Waals surface area contributed by atoms with Gasteiger partial charge in [0.15, 0.2) is 5.76 Å². The Labute approximate surface area is 155 Å². The smallest absolute Gasteiger partial charge is 0.289 e. The van der Waals surface area contributed by atoms with E-state index in [2.05, 4.69) is 10.1 Å². The zero-order valence-corrected chi connectivity index (χ0v) is 14.9. The number of hydrogen-bond donors (Lipinski definition) is 0. The van der Waals surface area contributed by atoms with Gasteiger partial charge in [-0.15, -0.1) is 0 Å². The van der Waals surface area contributed by atoms with Crippen molar-refractivity contribution < 1.29 is 18.5 Å². The molecule has 0 bridgehead atoms. The number of para-hydroxylation sites is 1. The number of fused-ring (bicyclic) bond motifs is 1. The molecule has 27 heavy (non-hydrogen) atoms. The monoisotopic (exact) mass is 363 g/mol. The van der Waals surface area contributed by atoms with E-state index in [1.807, 2.05) is 48.5 Å². The molecule has 7 heteroatoms. The van der Waals surface area contributed by atoms with Gasteiger partial charge in [0, 0.05) is 18.0 Å². The van der Waals surface area contributed by atoms with Gasteiger partial charge < -0.3 is 18.6 Å². The third-order valence-corrected chi connectivity index (χ3v) is 4.17. The van der Waals surface area contributed by atoms with Crippen LogP contribution in [0.1, 0.15) is 16.4 Å². The molecule has 2 aromatic carbocycles. The van der Waals surface area contributed by atoms with Crippen molar-refractivity contribution in [2.24, 2.45) is 0 Å². The minimum Gasteiger partial charge on any atom is -0.497 e. The van der Waals surface area contributed by atoms with Crippen LogP contribution in [0.25, 0.3) is 22.4 Å². The Morgan fingerprint density at radius 1 is 1.15 bits per heavy atom. The van der Waals surface area contributed by atoms with Gasteiger partial charge in [0.2, 0.25) is 11.7 Å². The summed E-state index contributed by atoms with van der Waals surface area (Å²) in [6, 6.07) is 16.5. The highest BCUT2D eigenvalue weighted by atomic mass is 16.5. The zero-order valence-electron chi connectivity index (χ0n) is 14.9. The number of carbonyl (C=O) groups is 1. The largest absolute Gasteiger partial charge is 0.497 e. The average Bonchev–Trinajstić information content (AvgIpc) is 3.34. The lowest BCUT2D eigenvalue weighted by Gasteiger charge is -2.12. The number of nitrogens with zero attached hydrogens (tertiary/aromatic N) is 3. The Bertz CT molecular complexity index is 1050. The molecule has 4 rings (SSSR count). The molecule has 0 fully saturated rings. The van der Waals surface area contributed by atoms with Gasteiger partial charge in [0.25, 0.3) is 5.91 Å². The van der Waals surface area contributed by atoms with Crippen molar-refractivity contribution in [1.82, 2.24) is 15.0 Å². The van der Waals surface area contributed by atoms with Crippen molar-refractivity contribution in [2.45, 2.75) is 6.54 Å². The van der Waals surface area contributed by atoms with Crippen LogP contribution < -0.4 is 4.74 Å². The fourth-order valence-corrected chi connectivity index (χ4v) is 2.73. The van der Waals surface area contributed by atoms with E-state index in [1.165, 1.54) is 4.90 Å². The standard InChI is InChI=1S/C20H17N3O4/c1-23(20(24)17-11-14-5-3-4-6-16(14)26-17)12-18-21-19(22-27-18)13-7-9-15(25-2)10-8-13/h3-11H,12H2,1-2H3. The summed E-state index contributed by atoms with van der Waals surface area (Å²) in [4.78, 5) is 18.4. The van der Waals surface area contributed by atoms with E-state index in [4.69, 9.17) is 13.7 Å². The summed E-state index contributed by atoms with van der Waals surface area (Å²) in [5, 5.41) is 4.86. The average molecular weight is 363 g/mol. The van der Waals surface area contributed by atoms with E-state index in [0.717, 1.165) is 16.7 Å². The predicted molar refractivity (Wildman–Crippen MR) is 98.3 cm³/mol. The molecule has 0 aliphatic rings. The quantitative estimate of drug-likeness (QED) is 0.537. The first-order chi connectivity index (χ1) is 13.1. The Hall–Kier alpha value is -3.61. The van der Waals surface area contributed by atoms with Crippen molar-refractivity contribution in [3.63, 3.8) is 0 Å². The van der Waals surface area contributed by atoms with Crippen LogP contribution in [0.15, 0.2) is 63.5 Å². The van der Waals surface area contributed by atoms with E-state index in [1.54, 1.807) is 20.2 Å². The molecule has 0 saturated heterocycles. The Balaban J connectivity index is 1.48. The van der Waals surface area contributed by atoms with Crippen LogP contribution in [0.4, 0.5) is 0 Å². The molecule has 0 radical (unpaired) electrons. The molecule has 0 aliphatic heterocycles. The van der Waals surface area contributed by atoms with Crippen molar-refractivity contribution in [3.8, 4) is 17.1 Å². The number of rotatable bonds is 5. The molecule has 4 aromatic rings. The molecule has 2 aromatic heterocycles. The lowest BCUT2D eigenvalue weighted by Crippen LogP contribution is -2.25. The van der Waals surface area contributed by atoms with Crippen molar-refractivity contribution in [2.75, 3.05) is 14.2 Å². The lowest BCUT2D eigenvalue weighted by atomic mass is 10.2. The van der Waals surface area contributed by atoms with Crippen LogP contribution in [0.2, 0.25) is 0 Å².